The van der Waals surface area contributed by atoms with Crippen molar-refractivity contribution in [3.05, 3.63) is 0 Å². The highest BCUT2D eigenvalue weighted by Gasteiger charge is 2.18. The predicted octanol–water partition coefficient (Wildman–Crippen LogP) is 3.52. The van der Waals surface area contributed by atoms with Crippen LogP contribution in [-0.2, 0) is 0 Å². The Bertz CT molecular complexity index is 193. The van der Waals surface area contributed by atoms with E-state index in [1.54, 1.807) is 0 Å². The molecule has 0 bridgehead atoms. The van der Waals surface area contributed by atoms with Gasteiger partial charge in [-0.1, -0.05) is 40.5 Å². The lowest BCUT2D eigenvalue weighted by Gasteiger charge is -2.33. The second kappa shape index (κ2) is 8.92. The number of unbranched alkanes of at least 4 members (excludes halogenated alkanes) is 1. The van der Waals surface area contributed by atoms with Crippen LogP contribution >= 0.6 is 0 Å². The maximum atomic E-state index is 3.74. The Morgan fingerprint density at radius 2 is 1.67 bits per heavy atom. The average molecular weight is 254 g/mol. The van der Waals surface area contributed by atoms with Gasteiger partial charge in [0.15, 0.2) is 0 Å². The van der Waals surface area contributed by atoms with Gasteiger partial charge < -0.3 is 10.2 Å². The molecule has 2 nitrogen and oxygen atoms in total. The molecule has 1 N–H and O–H groups in total. The minimum absolute atomic E-state index is 0.785. The van der Waals surface area contributed by atoms with Crippen LogP contribution in [0.15, 0.2) is 0 Å². The van der Waals surface area contributed by atoms with Crippen LogP contribution in [-0.4, -0.2) is 37.1 Å². The molecule has 0 aromatic rings. The van der Waals surface area contributed by atoms with E-state index in [9.17, 15) is 0 Å². The molecule has 1 rings (SSSR count). The van der Waals surface area contributed by atoms with Crippen molar-refractivity contribution >= 4 is 0 Å². The molecule has 1 fully saturated rings. The Kier molecular flexibility index (Phi) is 7.92. The SMILES string of the molecule is CC(C)CCCCNC1CCN(CC(C)C)CC1. The number of likely N-dealkylation sites (tertiary alicyclic amines) is 1. The number of nitrogens with zero attached hydrogens (tertiary/aromatic N) is 1. The predicted molar refractivity (Wildman–Crippen MR) is 81.0 cm³/mol. The quantitative estimate of drug-likeness (QED) is 0.667. The van der Waals surface area contributed by atoms with Crippen LogP contribution in [0, 0.1) is 11.8 Å². The Labute approximate surface area is 115 Å². The van der Waals surface area contributed by atoms with E-state index in [1.165, 1.54) is 58.3 Å². The molecule has 2 heteroatoms. The standard InChI is InChI=1S/C16H34N2/c1-14(2)7-5-6-10-17-16-8-11-18(12-9-16)13-15(3)4/h14-17H,5-13H2,1-4H3. The molecular weight excluding hydrogens is 220 g/mol. The zero-order chi connectivity index (χ0) is 13.4. The van der Waals surface area contributed by atoms with Gasteiger partial charge in [-0.25, -0.2) is 0 Å². The Morgan fingerprint density at radius 3 is 2.22 bits per heavy atom. The number of hydrogen-bond acceptors (Lipinski definition) is 2. The van der Waals surface area contributed by atoms with Crippen LogP contribution in [0.3, 0.4) is 0 Å². The van der Waals surface area contributed by atoms with E-state index >= 15 is 0 Å². The molecule has 1 saturated heterocycles. The molecule has 0 saturated carbocycles. The average Bonchev–Trinajstić information content (AvgIpc) is 2.30. The van der Waals surface area contributed by atoms with Gasteiger partial charge in [0, 0.05) is 12.6 Å². The molecule has 0 amide bonds. The first kappa shape index (κ1) is 16.0. The summed E-state index contributed by atoms with van der Waals surface area (Å²) in [5.74, 6) is 1.68. The molecule has 1 aliphatic rings. The lowest BCUT2D eigenvalue weighted by Crippen LogP contribution is -2.43. The van der Waals surface area contributed by atoms with Crippen LogP contribution in [0.1, 0.15) is 59.8 Å². The van der Waals surface area contributed by atoms with Gasteiger partial charge in [0.2, 0.25) is 0 Å². The molecule has 18 heavy (non-hydrogen) atoms. The highest BCUT2D eigenvalue weighted by molar-refractivity contribution is 4.77. The summed E-state index contributed by atoms with van der Waals surface area (Å²) < 4.78 is 0. The minimum atomic E-state index is 0.785. The summed E-state index contributed by atoms with van der Waals surface area (Å²) in [4.78, 5) is 2.63. The smallest absolute Gasteiger partial charge is 0.00914 e. The van der Waals surface area contributed by atoms with Crippen LogP contribution in [0.5, 0.6) is 0 Å². The molecule has 0 aromatic heterocycles. The maximum Gasteiger partial charge on any atom is 0.00914 e. The fraction of sp³-hybridized carbons (Fsp3) is 1.00. The molecule has 0 atom stereocenters. The van der Waals surface area contributed by atoms with E-state index in [1.807, 2.05) is 0 Å². The summed E-state index contributed by atoms with van der Waals surface area (Å²) in [7, 11) is 0. The first-order valence-electron chi connectivity index (χ1n) is 8.03. The summed E-state index contributed by atoms with van der Waals surface area (Å²) in [5, 5.41) is 3.74. The second-order valence-electron chi connectivity index (χ2n) is 6.81. The van der Waals surface area contributed by atoms with Crippen molar-refractivity contribution in [3.8, 4) is 0 Å². The van der Waals surface area contributed by atoms with E-state index in [0.29, 0.717) is 0 Å². The highest BCUT2D eigenvalue weighted by atomic mass is 15.1. The molecule has 0 aliphatic carbocycles. The summed E-state index contributed by atoms with van der Waals surface area (Å²) in [6.07, 6.45) is 6.81. The molecule has 108 valence electrons. The van der Waals surface area contributed by atoms with E-state index in [-0.39, 0.29) is 0 Å². The molecule has 0 spiro atoms. The fourth-order valence-electron chi connectivity index (χ4n) is 2.82. The van der Waals surface area contributed by atoms with E-state index in [2.05, 4.69) is 37.9 Å². The molecule has 1 heterocycles. The zero-order valence-electron chi connectivity index (χ0n) is 13.0. The van der Waals surface area contributed by atoms with Crippen molar-refractivity contribution in [3.63, 3.8) is 0 Å². The number of rotatable bonds is 8. The van der Waals surface area contributed by atoms with Crippen LogP contribution in [0.25, 0.3) is 0 Å². The molecule has 1 aliphatic heterocycles. The van der Waals surface area contributed by atoms with Gasteiger partial charge in [-0.05, 0) is 50.7 Å². The van der Waals surface area contributed by atoms with Crippen molar-refractivity contribution in [1.29, 1.82) is 0 Å². The third-order valence-corrected chi connectivity index (χ3v) is 3.85. The van der Waals surface area contributed by atoms with Gasteiger partial charge in [-0.15, -0.1) is 0 Å². The number of hydrogen-bond donors (Lipinski definition) is 1. The number of nitrogens with one attached hydrogen (secondary N) is 1. The van der Waals surface area contributed by atoms with Gasteiger partial charge in [0.25, 0.3) is 0 Å². The van der Waals surface area contributed by atoms with Gasteiger partial charge in [0.05, 0.1) is 0 Å². The van der Waals surface area contributed by atoms with Gasteiger partial charge >= 0.3 is 0 Å². The first-order valence-corrected chi connectivity index (χ1v) is 8.03. The third kappa shape index (κ3) is 7.38. The fourth-order valence-corrected chi connectivity index (χ4v) is 2.82. The van der Waals surface area contributed by atoms with Gasteiger partial charge in [-0.3, -0.25) is 0 Å². The minimum Gasteiger partial charge on any atom is -0.314 e. The van der Waals surface area contributed by atoms with Crippen LogP contribution < -0.4 is 5.32 Å². The van der Waals surface area contributed by atoms with Gasteiger partial charge in [0.1, 0.15) is 0 Å². The second-order valence-corrected chi connectivity index (χ2v) is 6.81. The maximum absolute atomic E-state index is 3.74. The van der Waals surface area contributed by atoms with Crippen molar-refractivity contribution < 1.29 is 0 Å². The zero-order valence-corrected chi connectivity index (χ0v) is 13.0. The largest absolute Gasteiger partial charge is 0.314 e. The summed E-state index contributed by atoms with van der Waals surface area (Å²) >= 11 is 0. The van der Waals surface area contributed by atoms with Crippen molar-refractivity contribution in [2.45, 2.75) is 65.8 Å². The van der Waals surface area contributed by atoms with Crippen molar-refractivity contribution in [2.75, 3.05) is 26.2 Å². The Hall–Kier alpha value is -0.0800. The summed E-state index contributed by atoms with van der Waals surface area (Å²) in [5.41, 5.74) is 0. The topological polar surface area (TPSA) is 15.3 Å². The van der Waals surface area contributed by atoms with Crippen molar-refractivity contribution in [1.82, 2.24) is 10.2 Å². The van der Waals surface area contributed by atoms with Crippen LogP contribution in [0.4, 0.5) is 0 Å². The Balaban J connectivity index is 1.98. The van der Waals surface area contributed by atoms with E-state index in [0.717, 1.165) is 17.9 Å². The molecule has 0 unspecified atom stereocenters. The van der Waals surface area contributed by atoms with Crippen molar-refractivity contribution in [2.24, 2.45) is 11.8 Å². The highest BCUT2D eigenvalue weighted by Crippen LogP contribution is 2.12. The molecule has 0 aromatic carbocycles. The number of piperidine rings is 1. The lowest BCUT2D eigenvalue weighted by molar-refractivity contribution is 0.180. The monoisotopic (exact) mass is 254 g/mol. The molecule has 0 radical (unpaired) electrons. The summed E-state index contributed by atoms with van der Waals surface area (Å²) in [6, 6.07) is 0.785. The molecular formula is C16H34N2. The lowest BCUT2D eigenvalue weighted by atomic mass is 10.0. The third-order valence-electron chi connectivity index (χ3n) is 3.85. The van der Waals surface area contributed by atoms with E-state index in [4.69, 9.17) is 0 Å². The van der Waals surface area contributed by atoms with Crippen LogP contribution in [0.2, 0.25) is 0 Å². The van der Waals surface area contributed by atoms with E-state index < -0.39 is 0 Å². The van der Waals surface area contributed by atoms with Gasteiger partial charge in [-0.2, -0.15) is 0 Å². The normalized spacial score (nSPS) is 19.0. The first-order chi connectivity index (χ1) is 8.58. The summed E-state index contributed by atoms with van der Waals surface area (Å²) in [6.45, 7) is 14.4. The Morgan fingerprint density at radius 1 is 1.00 bits per heavy atom.